The Balaban J connectivity index is 2.13. The van der Waals surface area contributed by atoms with Gasteiger partial charge in [-0.05, 0) is 42.9 Å². The van der Waals surface area contributed by atoms with E-state index in [0.29, 0.717) is 12.3 Å². The molecule has 2 nitrogen and oxygen atoms in total. The van der Waals surface area contributed by atoms with Gasteiger partial charge >= 0.3 is 0 Å². The van der Waals surface area contributed by atoms with Crippen molar-refractivity contribution in [1.29, 1.82) is 0 Å². The number of rotatable bonds is 6. The molecule has 5 heteroatoms. The minimum Gasteiger partial charge on any atom is -0.488 e. The first-order valence-corrected chi connectivity index (χ1v) is 7.45. The number of halogens is 3. The topological polar surface area (TPSA) is 21.3 Å². The summed E-state index contributed by atoms with van der Waals surface area (Å²) in [6.07, 6.45) is 0. The minimum atomic E-state index is -0.473. The van der Waals surface area contributed by atoms with Crippen LogP contribution in [0.3, 0.4) is 0 Å². The molecular weight excluding hydrogens is 340 g/mol. The Morgan fingerprint density at radius 3 is 2.67 bits per heavy atom. The molecule has 0 heterocycles. The van der Waals surface area contributed by atoms with Crippen molar-refractivity contribution in [1.82, 2.24) is 5.32 Å². The third-order valence-electron chi connectivity index (χ3n) is 2.98. The molecule has 0 aliphatic heterocycles. The van der Waals surface area contributed by atoms with Crippen molar-refractivity contribution in [3.63, 3.8) is 0 Å². The van der Waals surface area contributed by atoms with E-state index in [9.17, 15) is 8.78 Å². The van der Waals surface area contributed by atoms with Crippen LogP contribution in [-0.4, -0.2) is 6.54 Å². The van der Waals surface area contributed by atoms with Crippen LogP contribution >= 0.6 is 15.9 Å². The molecule has 112 valence electrons. The van der Waals surface area contributed by atoms with E-state index in [0.717, 1.165) is 34.8 Å². The molecule has 0 saturated carbocycles. The van der Waals surface area contributed by atoms with Crippen molar-refractivity contribution in [2.45, 2.75) is 20.1 Å². The van der Waals surface area contributed by atoms with Gasteiger partial charge in [0.15, 0.2) is 0 Å². The zero-order chi connectivity index (χ0) is 15.2. The second kappa shape index (κ2) is 7.52. The molecule has 0 radical (unpaired) electrons. The van der Waals surface area contributed by atoms with E-state index in [1.807, 2.05) is 25.1 Å². The molecule has 0 aliphatic rings. The van der Waals surface area contributed by atoms with E-state index >= 15 is 0 Å². The molecule has 0 amide bonds. The number of nitrogens with one attached hydrogen (secondary N) is 1. The summed E-state index contributed by atoms with van der Waals surface area (Å²) in [4.78, 5) is 0. The van der Waals surface area contributed by atoms with Gasteiger partial charge in [0.25, 0.3) is 0 Å². The van der Waals surface area contributed by atoms with Crippen molar-refractivity contribution in [2.75, 3.05) is 6.54 Å². The first-order valence-electron chi connectivity index (χ1n) is 6.66. The number of ether oxygens (including phenoxy) is 1. The Kier molecular flexibility index (Phi) is 5.70. The lowest BCUT2D eigenvalue weighted by Crippen LogP contribution is -2.13. The molecule has 0 unspecified atom stereocenters. The average Bonchev–Trinajstić information content (AvgIpc) is 2.47. The largest absolute Gasteiger partial charge is 0.488 e. The van der Waals surface area contributed by atoms with E-state index in [2.05, 4.69) is 21.2 Å². The van der Waals surface area contributed by atoms with E-state index in [4.69, 9.17) is 4.74 Å². The summed E-state index contributed by atoms with van der Waals surface area (Å²) < 4.78 is 33.3. The maximum Gasteiger partial charge on any atom is 0.130 e. The fraction of sp³-hybridized carbons (Fsp3) is 0.250. The lowest BCUT2D eigenvalue weighted by atomic mass is 10.2. The Hall–Kier alpha value is -1.46. The molecule has 21 heavy (non-hydrogen) atoms. The number of hydrogen-bond acceptors (Lipinski definition) is 2. The number of hydrogen-bond donors (Lipinski definition) is 1. The Labute approximate surface area is 131 Å². The second-order valence-corrected chi connectivity index (χ2v) is 5.47. The molecule has 0 aliphatic carbocycles. The predicted molar refractivity (Wildman–Crippen MR) is 82.2 cm³/mol. The van der Waals surface area contributed by atoms with Crippen LogP contribution in [0.1, 0.15) is 18.1 Å². The highest BCUT2D eigenvalue weighted by Crippen LogP contribution is 2.24. The van der Waals surface area contributed by atoms with Crippen LogP contribution in [0.5, 0.6) is 5.75 Å². The van der Waals surface area contributed by atoms with Crippen molar-refractivity contribution < 1.29 is 13.5 Å². The molecule has 1 N–H and O–H groups in total. The van der Waals surface area contributed by atoms with E-state index < -0.39 is 11.6 Å². The van der Waals surface area contributed by atoms with Crippen LogP contribution in [-0.2, 0) is 13.2 Å². The summed E-state index contributed by atoms with van der Waals surface area (Å²) in [5.41, 5.74) is 1.16. The summed E-state index contributed by atoms with van der Waals surface area (Å²) in [5, 5.41) is 3.22. The van der Waals surface area contributed by atoms with Crippen molar-refractivity contribution in [2.24, 2.45) is 0 Å². The Morgan fingerprint density at radius 2 is 1.90 bits per heavy atom. The molecule has 2 rings (SSSR count). The smallest absolute Gasteiger partial charge is 0.130 e. The Morgan fingerprint density at radius 1 is 1.10 bits per heavy atom. The molecule has 0 fully saturated rings. The lowest BCUT2D eigenvalue weighted by molar-refractivity contribution is 0.295. The van der Waals surface area contributed by atoms with Crippen LogP contribution in [0.15, 0.2) is 40.9 Å². The fourth-order valence-electron chi connectivity index (χ4n) is 1.90. The van der Waals surface area contributed by atoms with Crippen LogP contribution in [0, 0.1) is 11.6 Å². The summed E-state index contributed by atoms with van der Waals surface area (Å²) in [6.45, 7) is 3.49. The first kappa shape index (κ1) is 15.9. The normalized spacial score (nSPS) is 10.7. The third-order valence-corrected chi connectivity index (χ3v) is 3.47. The van der Waals surface area contributed by atoms with Gasteiger partial charge in [-0.2, -0.15) is 0 Å². The van der Waals surface area contributed by atoms with Crippen molar-refractivity contribution in [3.05, 3.63) is 63.6 Å². The van der Waals surface area contributed by atoms with E-state index in [1.165, 1.54) is 0 Å². The highest BCUT2D eigenvalue weighted by Gasteiger charge is 2.08. The molecular formula is C16H16BrF2NO. The zero-order valence-electron chi connectivity index (χ0n) is 11.6. The fourth-order valence-corrected chi connectivity index (χ4v) is 2.30. The van der Waals surface area contributed by atoms with Crippen LogP contribution in [0.2, 0.25) is 0 Å². The lowest BCUT2D eigenvalue weighted by Gasteiger charge is -2.13. The summed E-state index contributed by atoms with van der Waals surface area (Å²) in [6, 6.07) is 8.96. The molecule has 0 bridgehead atoms. The average molecular weight is 356 g/mol. The third kappa shape index (κ3) is 4.51. The Bertz CT molecular complexity index is 619. The SMILES string of the molecule is CCNCc1cc(Br)ccc1OCc1cc(F)ccc1F. The summed E-state index contributed by atoms with van der Waals surface area (Å²) in [5.74, 6) is -0.289. The van der Waals surface area contributed by atoms with Crippen molar-refractivity contribution in [3.8, 4) is 5.75 Å². The highest BCUT2D eigenvalue weighted by atomic mass is 79.9. The van der Waals surface area contributed by atoms with Crippen molar-refractivity contribution >= 4 is 15.9 Å². The van der Waals surface area contributed by atoms with Crippen LogP contribution < -0.4 is 10.1 Å². The molecule has 2 aromatic carbocycles. The van der Waals surface area contributed by atoms with Gasteiger partial charge in [0.1, 0.15) is 24.0 Å². The summed E-state index contributed by atoms with van der Waals surface area (Å²) >= 11 is 3.41. The predicted octanol–water partition coefficient (Wildman–Crippen LogP) is 4.42. The number of benzene rings is 2. The van der Waals surface area contributed by atoms with E-state index in [1.54, 1.807) is 0 Å². The first-order chi connectivity index (χ1) is 10.1. The summed E-state index contributed by atoms with van der Waals surface area (Å²) in [7, 11) is 0. The van der Waals surface area contributed by atoms with Crippen LogP contribution in [0.4, 0.5) is 8.78 Å². The quantitative estimate of drug-likeness (QED) is 0.828. The molecule has 2 aromatic rings. The molecule has 0 atom stereocenters. The van der Waals surface area contributed by atoms with Gasteiger partial charge in [-0.15, -0.1) is 0 Å². The van der Waals surface area contributed by atoms with E-state index in [-0.39, 0.29) is 12.2 Å². The zero-order valence-corrected chi connectivity index (χ0v) is 13.2. The standard InChI is InChI=1S/C16H16BrF2NO/c1-2-20-9-11-7-13(17)3-6-16(11)21-10-12-8-14(18)4-5-15(12)19/h3-8,20H,2,9-10H2,1H3. The van der Waals surface area contributed by atoms with Gasteiger partial charge in [-0.3, -0.25) is 0 Å². The maximum atomic E-state index is 13.6. The van der Waals surface area contributed by atoms with Gasteiger partial charge in [-0.1, -0.05) is 22.9 Å². The molecule has 0 spiro atoms. The highest BCUT2D eigenvalue weighted by molar-refractivity contribution is 9.10. The van der Waals surface area contributed by atoms with Gasteiger partial charge in [-0.25, -0.2) is 8.78 Å². The van der Waals surface area contributed by atoms with Crippen LogP contribution in [0.25, 0.3) is 0 Å². The molecule has 0 aromatic heterocycles. The molecule has 0 saturated heterocycles. The van der Waals surface area contributed by atoms with Gasteiger partial charge < -0.3 is 10.1 Å². The van der Waals surface area contributed by atoms with Gasteiger partial charge in [0.05, 0.1) is 0 Å². The minimum absolute atomic E-state index is 0.00957. The second-order valence-electron chi connectivity index (χ2n) is 4.56. The maximum absolute atomic E-state index is 13.6. The monoisotopic (exact) mass is 355 g/mol. The van der Waals surface area contributed by atoms with Gasteiger partial charge in [0.2, 0.25) is 0 Å². The van der Waals surface area contributed by atoms with Gasteiger partial charge in [0, 0.05) is 22.1 Å².